The van der Waals surface area contributed by atoms with Crippen molar-refractivity contribution in [3.05, 3.63) is 0 Å². The second-order valence-corrected chi connectivity index (χ2v) is 20.0. The van der Waals surface area contributed by atoms with Crippen molar-refractivity contribution in [2.45, 2.75) is 216 Å². The fourth-order valence-electron chi connectivity index (χ4n) is 4.07. The molecule has 5 atom stereocenters. The van der Waals surface area contributed by atoms with Crippen LogP contribution < -0.4 is 4.89 Å². The number of aliphatic hydroxyl groups excluding tert-OH is 1. The Hall–Kier alpha value is -6.51. The van der Waals surface area contributed by atoms with Gasteiger partial charge in [-0.1, -0.05) is 66.2 Å². The normalized spacial score (nSPS) is 12.2. The third kappa shape index (κ3) is 104. The number of hydrogen-bond donors (Lipinski definition) is 8. The zero-order chi connectivity index (χ0) is 75.5. The van der Waals surface area contributed by atoms with E-state index in [1.165, 1.54) is 20.2 Å². The van der Waals surface area contributed by atoms with Gasteiger partial charge in [-0.3, -0.25) is 77.1 Å². The van der Waals surface area contributed by atoms with Crippen LogP contribution in [-0.4, -0.2) is 183 Å². The van der Waals surface area contributed by atoms with Gasteiger partial charge in [0, 0.05) is 92.0 Å². The van der Waals surface area contributed by atoms with Crippen LogP contribution in [0.1, 0.15) is 187 Å². The summed E-state index contributed by atoms with van der Waals surface area (Å²) in [6.45, 7) is 19.4. The molecule has 2 saturated heterocycles. The standard InChI is InChI=1S/C11H15NO6.C7H13NO4S.2C7H12O4.C4H5NO3.C4H8O3.2C3H5ClO.C3H6O2.C2H2.Cl2OS.ClH.O2S.H2O/c1-3-10(15)17-7(2)6-11(16)18-12-8(13)4-5-9(12)14;1-3-6(9)11-5(2)4-7(10)12-8-13;2*1-3-7(10)11-5(2)4-6(8)9;6-3-1-2-4(7)5(3)8;1-3(5)2-4(6)7;3*1-2-3(4)5;1-2;1-4(2)3;;1-3-2;/h7H,3-6H2,1-2H3;5,8,13H,3-4H2,1-2H3;2*5H,3-4H2,1-2H3,(H,8,9);8H,1-2H2;3,5H,2H2,1H3,(H,6,7);2*2H2,1H3;2H2,1H3,(H,4,5);1-2H;;1H;;1H2/i;;;;;;;;;1D;;;;. The van der Waals surface area contributed by atoms with Crippen molar-refractivity contribution in [3.8, 4) is 12.8 Å². The minimum Gasteiger partial charge on any atom is -0.481 e. The van der Waals surface area contributed by atoms with Crippen LogP contribution in [-0.2, 0) is 126 Å². The number of imide groups is 2. The predicted octanol–water partition coefficient (Wildman–Crippen LogP) is 4.93. The highest BCUT2D eigenvalue weighted by Gasteiger charge is 2.33. The van der Waals surface area contributed by atoms with Crippen molar-refractivity contribution in [3.63, 3.8) is 0 Å². The summed E-state index contributed by atoms with van der Waals surface area (Å²) < 4.78 is 50.5. The lowest BCUT2D eigenvalue weighted by Gasteiger charge is -2.15. The largest absolute Gasteiger partial charge is 0.481 e. The summed E-state index contributed by atoms with van der Waals surface area (Å²) in [5.41, 5.74) is 0. The second kappa shape index (κ2) is 78.9. The number of terminal acetylenes is 1. The number of nitrogens with one attached hydrogen (secondary N) is 1. The lowest BCUT2D eigenvalue weighted by molar-refractivity contribution is -0.199. The summed E-state index contributed by atoms with van der Waals surface area (Å²) in [7, 11) is 7.36. The summed E-state index contributed by atoms with van der Waals surface area (Å²) in [5, 5.41) is 49.0. The summed E-state index contributed by atoms with van der Waals surface area (Å²) in [4.78, 5) is 177. The molecule has 2 heterocycles. The van der Waals surface area contributed by atoms with Gasteiger partial charge in [0.25, 0.3) is 23.6 Å². The molecule has 4 amide bonds. The molecule has 2 rings (SSSR count). The molecule has 94 heavy (non-hydrogen) atoms. The molecule has 0 saturated carbocycles. The minimum absolute atomic E-state index is 0. The Morgan fingerprint density at radius 2 is 0.766 bits per heavy atom. The van der Waals surface area contributed by atoms with Gasteiger partial charge in [-0.05, 0) is 57.8 Å². The number of carboxylic acids is 4. The number of carbonyl (C=O) groups excluding carboxylic acids is 12. The minimum atomic E-state index is -1.67. The van der Waals surface area contributed by atoms with Crippen LogP contribution in [0.4, 0.5) is 0 Å². The molecule has 0 aromatic carbocycles. The molecule has 0 spiro atoms. The van der Waals surface area contributed by atoms with Crippen LogP contribution >= 0.6 is 69.8 Å². The topological polar surface area (TPSA) is 551 Å². The molecule has 550 valence electrons. The number of hydrogen-bond acceptors (Lipinski definition) is 29. The lowest BCUT2D eigenvalue weighted by atomic mass is 10.3. The maximum atomic E-state index is 11.4. The van der Waals surface area contributed by atoms with E-state index < -0.39 is 117 Å². The highest BCUT2D eigenvalue weighted by atomic mass is 36.0. The van der Waals surface area contributed by atoms with Gasteiger partial charge >= 0.3 is 71.3 Å². The van der Waals surface area contributed by atoms with Crippen molar-refractivity contribution >= 4 is 184 Å². The number of amides is 4. The Balaban J connectivity index is -0.0000000820. The number of carbonyl (C=O) groups is 16. The van der Waals surface area contributed by atoms with Gasteiger partial charge in [-0.2, -0.15) is 13.5 Å². The van der Waals surface area contributed by atoms with Crippen molar-refractivity contribution < 1.29 is 156 Å². The van der Waals surface area contributed by atoms with Gasteiger partial charge in [-0.15, -0.1) is 30.3 Å². The number of halogens is 5. The van der Waals surface area contributed by atoms with E-state index in [0.717, 1.165) is 0 Å². The Morgan fingerprint density at radius 1 is 0.543 bits per heavy atom. The zero-order valence-electron chi connectivity index (χ0n) is 54.2. The Morgan fingerprint density at radius 3 is 0.926 bits per heavy atom. The molecular weight excluding hydrogens is 1440 g/mol. The number of aliphatic hydroxyl groups is 1. The molecule has 43 heteroatoms. The maximum Gasteiger partial charge on any atom is 0.336 e. The molecule has 0 aliphatic carbocycles. The van der Waals surface area contributed by atoms with Gasteiger partial charge in [-0.25, -0.2) is 9.00 Å². The second-order valence-electron chi connectivity index (χ2n) is 16.3. The van der Waals surface area contributed by atoms with Gasteiger partial charge in [0.15, 0.2) is 0 Å². The lowest BCUT2D eigenvalue weighted by Crippen LogP contribution is -2.33. The first-order chi connectivity index (χ1) is 42.9. The average Bonchev–Trinajstić information content (AvgIpc) is 1.77. The first-order valence-electron chi connectivity index (χ1n) is 26.8. The van der Waals surface area contributed by atoms with Gasteiger partial charge in [0.2, 0.25) is 19.7 Å². The average molecular weight is 1530 g/mol. The van der Waals surface area contributed by atoms with Crippen LogP contribution in [0.25, 0.3) is 0 Å². The summed E-state index contributed by atoms with van der Waals surface area (Å²) in [6, 6.07) is 0. The number of hydroxylamine groups is 4. The molecule has 0 bridgehead atoms. The van der Waals surface area contributed by atoms with E-state index in [9.17, 15) is 76.7 Å². The monoisotopic (exact) mass is 1520 g/mol. The van der Waals surface area contributed by atoms with E-state index in [1.807, 2.05) is 4.89 Å². The fraction of sp³-hybridized carbons (Fsp3) is 0.647. The molecule has 0 aromatic rings. The zero-order valence-corrected chi connectivity index (χ0v) is 59.6. The summed E-state index contributed by atoms with van der Waals surface area (Å²) in [5.74, 6) is -8.49. The molecule has 5 unspecified atom stereocenters. The van der Waals surface area contributed by atoms with Crippen molar-refractivity contribution in [2.24, 2.45) is 0 Å². The summed E-state index contributed by atoms with van der Waals surface area (Å²) >= 11 is 12.4. The first kappa shape index (κ1) is 112. The first-order valence-corrected chi connectivity index (χ1v) is 31.0. The van der Waals surface area contributed by atoms with Gasteiger partial charge < -0.3 is 59.6 Å². The van der Waals surface area contributed by atoms with Crippen LogP contribution in [0.15, 0.2) is 0 Å². The molecule has 2 aliphatic heterocycles. The van der Waals surface area contributed by atoms with Crippen molar-refractivity contribution in [1.82, 2.24) is 15.0 Å². The highest BCUT2D eigenvalue weighted by Crippen LogP contribution is 2.14. The molecule has 2 aliphatic rings. The van der Waals surface area contributed by atoms with E-state index in [-0.39, 0.29) is 135 Å². The van der Waals surface area contributed by atoms with Crippen LogP contribution in [0.3, 0.4) is 0 Å². The van der Waals surface area contributed by atoms with E-state index in [1.54, 1.807) is 69.2 Å². The van der Waals surface area contributed by atoms with Crippen LogP contribution in [0.2, 0.25) is 0 Å². The fourth-order valence-corrected chi connectivity index (χ4v) is 4.17. The quantitative estimate of drug-likeness (QED) is 0.00982. The Bertz CT molecular complexity index is 2270. The molecule has 35 nitrogen and oxygen atoms in total. The molecule has 0 radical (unpaired) electrons. The predicted molar refractivity (Wildman–Crippen MR) is 339 cm³/mol. The maximum absolute atomic E-state index is 11.4. The summed E-state index contributed by atoms with van der Waals surface area (Å²) in [6.07, 6.45) is 4.78. The molecule has 0 aromatic heterocycles. The van der Waals surface area contributed by atoms with Crippen LogP contribution in [0, 0.1) is 12.8 Å². The number of ether oxygens (including phenoxy) is 4. The Kier molecular flexibility index (Phi) is 93.9. The molecule has 9 N–H and O–H groups in total. The van der Waals surface area contributed by atoms with Crippen molar-refractivity contribution in [2.75, 3.05) is 0 Å². The molecule has 2 fully saturated rings. The van der Waals surface area contributed by atoms with E-state index >= 15 is 0 Å². The third-order valence-electron chi connectivity index (χ3n) is 8.03. The van der Waals surface area contributed by atoms with E-state index in [4.69, 9.17) is 86.9 Å². The number of rotatable bonds is 23. The highest BCUT2D eigenvalue weighted by molar-refractivity contribution is 8.26. The van der Waals surface area contributed by atoms with Gasteiger partial charge in [0.1, 0.15) is 25.8 Å². The van der Waals surface area contributed by atoms with E-state index in [2.05, 4.69) is 50.3 Å². The Labute approximate surface area is 581 Å². The number of aliphatic carboxylic acids is 4. The number of carboxylic acid groups (broad SMARTS) is 4. The van der Waals surface area contributed by atoms with Gasteiger partial charge in [0.05, 0.1) is 38.2 Å². The van der Waals surface area contributed by atoms with Crippen molar-refractivity contribution in [1.29, 1.82) is 0 Å². The third-order valence-corrected chi connectivity index (χ3v) is 8.66. The SMILES string of the molecule is CC(O)CC(=O)O.CCC(=O)Cl.CCC(=O)Cl.CCC(=O)O.CCC(=O)OC(C)CC(=O)O.CCC(=O)OC(C)CC(=O)O.CCC(=O)OC(C)CC(=O)ON1C(=O)CCC1=O.CCC(=O)OC(C)CC(=O)ONS.Cl.O.O=C1CCC(=O)N1O.O=S(Cl)Cl.O=S=O.[2H]C#C. The smallest absolute Gasteiger partial charge is 0.336 e. The van der Waals surface area contributed by atoms with E-state index in [0.29, 0.717) is 24.3 Å². The number of thiol groups is 1. The number of nitrogens with zero attached hydrogens (tertiary/aromatic N) is 2. The molecular formula is C51H86Cl5N3O32S3. The van der Waals surface area contributed by atoms with Crippen LogP contribution in [0.5, 0.6) is 0 Å². The number of esters is 4.